The Morgan fingerprint density at radius 2 is 1.88 bits per heavy atom. The third-order valence-electron chi connectivity index (χ3n) is 4.17. The Balaban J connectivity index is 2.01. The molecule has 1 atom stereocenters. The Labute approximate surface area is 148 Å². The Kier molecular flexibility index (Phi) is 6.33. The van der Waals surface area contributed by atoms with Crippen LogP contribution in [0, 0.1) is 13.8 Å². The van der Waals surface area contributed by atoms with Gasteiger partial charge in [0.2, 0.25) is 11.8 Å². The largest absolute Gasteiger partial charge is 0.355 e. The Morgan fingerprint density at radius 1 is 1.20 bits per heavy atom. The average molecular weight is 342 g/mol. The van der Waals surface area contributed by atoms with Gasteiger partial charge >= 0.3 is 0 Å². The summed E-state index contributed by atoms with van der Waals surface area (Å²) < 4.78 is 1.90. The number of aromatic nitrogens is 2. The molecule has 1 aromatic heterocycles. The standard InChI is InChI=1S/C19H26N4O2/c1-5-20-19(25)14(3)21-18(24)12-11-17-13(2)22-23(15(17)4)16-9-7-6-8-10-16/h6-10,14H,5,11-12H2,1-4H3,(H,20,25)(H,21,24)/t14-/m1/s1. The van der Waals surface area contributed by atoms with E-state index >= 15 is 0 Å². The minimum atomic E-state index is -0.526. The molecule has 1 heterocycles. The molecule has 2 rings (SSSR count). The van der Waals surface area contributed by atoms with Crippen molar-refractivity contribution in [1.29, 1.82) is 0 Å². The zero-order valence-corrected chi connectivity index (χ0v) is 15.3. The van der Waals surface area contributed by atoms with E-state index in [2.05, 4.69) is 15.7 Å². The molecule has 0 fully saturated rings. The van der Waals surface area contributed by atoms with Gasteiger partial charge in [0.25, 0.3) is 0 Å². The first-order valence-corrected chi connectivity index (χ1v) is 8.61. The van der Waals surface area contributed by atoms with E-state index < -0.39 is 6.04 Å². The lowest BCUT2D eigenvalue weighted by atomic mass is 10.1. The van der Waals surface area contributed by atoms with Crippen LogP contribution in [0.2, 0.25) is 0 Å². The number of aryl methyl sites for hydroxylation is 1. The van der Waals surface area contributed by atoms with Gasteiger partial charge in [-0.2, -0.15) is 5.10 Å². The summed E-state index contributed by atoms with van der Waals surface area (Å²) in [7, 11) is 0. The lowest BCUT2D eigenvalue weighted by Crippen LogP contribution is -2.44. The second-order valence-electron chi connectivity index (χ2n) is 6.08. The van der Waals surface area contributed by atoms with Crippen LogP contribution in [0.1, 0.15) is 37.2 Å². The van der Waals surface area contributed by atoms with E-state index in [1.165, 1.54) is 0 Å². The van der Waals surface area contributed by atoms with Crippen molar-refractivity contribution in [3.05, 3.63) is 47.3 Å². The third-order valence-corrected chi connectivity index (χ3v) is 4.17. The summed E-state index contributed by atoms with van der Waals surface area (Å²) in [5, 5.41) is 10.0. The maximum atomic E-state index is 12.1. The minimum absolute atomic E-state index is 0.134. The number of benzene rings is 1. The lowest BCUT2D eigenvalue weighted by Gasteiger charge is -2.13. The van der Waals surface area contributed by atoms with Gasteiger partial charge in [0.1, 0.15) is 6.04 Å². The van der Waals surface area contributed by atoms with Crippen molar-refractivity contribution in [1.82, 2.24) is 20.4 Å². The summed E-state index contributed by atoms with van der Waals surface area (Å²) >= 11 is 0. The second kappa shape index (κ2) is 8.46. The molecule has 0 aliphatic carbocycles. The van der Waals surface area contributed by atoms with E-state index in [0.717, 1.165) is 22.6 Å². The Bertz CT molecular complexity index is 737. The Morgan fingerprint density at radius 3 is 2.52 bits per heavy atom. The smallest absolute Gasteiger partial charge is 0.242 e. The molecule has 1 aromatic carbocycles. The van der Waals surface area contributed by atoms with Gasteiger partial charge in [0.15, 0.2) is 0 Å². The molecule has 6 nitrogen and oxygen atoms in total. The number of amides is 2. The van der Waals surface area contributed by atoms with Crippen molar-refractivity contribution in [2.24, 2.45) is 0 Å². The maximum absolute atomic E-state index is 12.1. The fraction of sp³-hybridized carbons (Fsp3) is 0.421. The van der Waals surface area contributed by atoms with Crippen molar-refractivity contribution in [3.8, 4) is 5.69 Å². The average Bonchev–Trinajstić information content (AvgIpc) is 2.88. The topological polar surface area (TPSA) is 76.0 Å². The molecule has 0 unspecified atom stereocenters. The summed E-state index contributed by atoms with van der Waals surface area (Å²) in [6.45, 7) is 8.06. The van der Waals surface area contributed by atoms with Crippen molar-refractivity contribution in [2.45, 2.75) is 46.6 Å². The highest BCUT2D eigenvalue weighted by molar-refractivity contribution is 5.87. The number of hydrogen-bond donors (Lipinski definition) is 2. The van der Waals surface area contributed by atoms with E-state index in [-0.39, 0.29) is 11.8 Å². The summed E-state index contributed by atoms with van der Waals surface area (Å²) in [6.07, 6.45) is 0.921. The molecule has 2 amide bonds. The van der Waals surface area contributed by atoms with Crippen LogP contribution in [-0.2, 0) is 16.0 Å². The molecule has 25 heavy (non-hydrogen) atoms. The second-order valence-corrected chi connectivity index (χ2v) is 6.08. The monoisotopic (exact) mass is 342 g/mol. The van der Waals surface area contributed by atoms with Gasteiger partial charge in [-0.15, -0.1) is 0 Å². The molecule has 0 spiro atoms. The molecule has 2 N–H and O–H groups in total. The molecular weight excluding hydrogens is 316 g/mol. The van der Waals surface area contributed by atoms with Crippen molar-refractivity contribution < 1.29 is 9.59 Å². The molecule has 0 aliphatic heterocycles. The zero-order chi connectivity index (χ0) is 18.4. The number of para-hydroxylation sites is 1. The van der Waals surface area contributed by atoms with E-state index in [1.807, 2.05) is 55.8 Å². The number of nitrogens with zero attached hydrogens (tertiary/aromatic N) is 2. The predicted molar refractivity (Wildman–Crippen MR) is 97.6 cm³/mol. The molecule has 0 saturated heterocycles. The van der Waals surface area contributed by atoms with Crippen LogP contribution >= 0.6 is 0 Å². The SMILES string of the molecule is CCNC(=O)[C@@H](C)NC(=O)CCc1c(C)nn(-c2ccccc2)c1C. The van der Waals surface area contributed by atoms with E-state index in [4.69, 9.17) is 0 Å². The van der Waals surface area contributed by atoms with Crippen LogP contribution in [0.3, 0.4) is 0 Å². The highest BCUT2D eigenvalue weighted by Crippen LogP contribution is 2.19. The molecule has 0 radical (unpaired) electrons. The highest BCUT2D eigenvalue weighted by atomic mass is 16.2. The number of rotatable bonds is 7. The predicted octanol–water partition coefficient (Wildman–Crippen LogP) is 2.06. The van der Waals surface area contributed by atoms with Crippen LogP contribution in [0.25, 0.3) is 5.69 Å². The fourth-order valence-electron chi connectivity index (χ4n) is 2.80. The summed E-state index contributed by atoms with van der Waals surface area (Å²) in [4.78, 5) is 23.8. The summed E-state index contributed by atoms with van der Waals surface area (Å²) in [5.41, 5.74) is 4.03. The van der Waals surface area contributed by atoms with Gasteiger partial charge in [-0.25, -0.2) is 4.68 Å². The van der Waals surface area contributed by atoms with Gasteiger partial charge < -0.3 is 10.6 Å². The summed E-state index contributed by atoms with van der Waals surface area (Å²) in [6, 6.07) is 9.40. The molecule has 0 bridgehead atoms. The number of carbonyl (C=O) groups excluding carboxylic acids is 2. The van der Waals surface area contributed by atoms with E-state index in [1.54, 1.807) is 6.92 Å². The molecule has 0 aliphatic rings. The molecule has 134 valence electrons. The van der Waals surface area contributed by atoms with Crippen LogP contribution < -0.4 is 10.6 Å². The van der Waals surface area contributed by atoms with Gasteiger partial charge in [-0.1, -0.05) is 18.2 Å². The van der Waals surface area contributed by atoms with Crippen molar-refractivity contribution in [3.63, 3.8) is 0 Å². The van der Waals surface area contributed by atoms with Crippen LogP contribution in [-0.4, -0.2) is 34.2 Å². The van der Waals surface area contributed by atoms with Gasteiger partial charge in [-0.3, -0.25) is 9.59 Å². The minimum Gasteiger partial charge on any atom is -0.355 e. The van der Waals surface area contributed by atoms with Gasteiger partial charge in [0.05, 0.1) is 11.4 Å². The molecular formula is C19H26N4O2. The number of hydrogen-bond acceptors (Lipinski definition) is 3. The summed E-state index contributed by atoms with van der Waals surface area (Å²) in [5.74, 6) is -0.301. The quantitative estimate of drug-likeness (QED) is 0.809. The van der Waals surface area contributed by atoms with E-state index in [0.29, 0.717) is 19.4 Å². The lowest BCUT2D eigenvalue weighted by molar-refractivity contribution is -0.128. The fourth-order valence-corrected chi connectivity index (χ4v) is 2.80. The molecule has 2 aromatic rings. The van der Waals surface area contributed by atoms with Crippen LogP contribution in [0.5, 0.6) is 0 Å². The number of likely N-dealkylation sites (N-methyl/N-ethyl adjacent to an activating group) is 1. The van der Waals surface area contributed by atoms with Crippen molar-refractivity contribution >= 4 is 11.8 Å². The van der Waals surface area contributed by atoms with Gasteiger partial charge in [-0.05, 0) is 51.8 Å². The Hall–Kier alpha value is -2.63. The van der Waals surface area contributed by atoms with Crippen LogP contribution in [0.15, 0.2) is 30.3 Å². The van der Waals surface area contributed by atoms with Crippen LogP contribution in [0.4, 0.5) is 0 Å². The molecule has 0 saturated carbocycles. The third kappa shape index (κ3) is 4.68. The first kappa shape index (κ1) is 18.7. The zero-order valence-electron chi connectivity index (χ0n) is 15.3. The van der Waals surface area contributed by atoms with E-state index in [9.17, 15) is 9.59 Å². The number of carbonyl (C=O) groups is 2. The molecule has 6 heteroatoms. The highest BCUT2D eigenvalue weighted by Gasteiger charge is 2.17. The normalized spacial score (nSPS) is 11.8. The maximum Gasteiger partial charge on any atom is 0.242 e. The first-order valence-electron chi connectivity index (χ1n) is 8.61. The van der Waals surface area contributed by atoms with Crippen molar-refractivity contribution in [2.75, 3.05) is 6.54 Å². The van der Waals surface area contributed by atoms with Gasteiger partial charge in [0, 0.05) is 18.7 Å². The first-order chi connectivity index (χ1) is 11.9. The number of nitrogens with one attached hydrogen (secondary N) is 2.